The number of rotatable bonds is 4. The largest absolute Gasteiger partial charge is 0.480 e. The quantitative estimate of drug-likeness (QED) is 0.530. The fraction of sp³-hybridized carbons (Fsp3) is 0.182. The molecule has 0 saturated heterocycles. The van der Waals surface area contributed by atoms with Crippen LogP contribution in [-0.2, 0) is 14.8 Å². The summed E-state index contributed by atoms with van der Waals surface area (Å²) < 4.78 is 26.0. The first-order valence-electron chi connectivity index (χ1n) is 5.72. The van der Waals surface area contributed by atoms with Gasteiger partial charge in [-0.3, -0.25) is 14.4 Å². The van der Waals surface area contributed by atoms with Gasteiger partial charge in [0.2, 0.25) is 10.0 Å². The number of carboxylic acid groups (broad SMARTS) is 1. The number of hydrogen-bond acceptors (Lipinski definition) is 5. The van der Waals surface area contributed by atoms with Gasteiger partial charge in [-0.1, -0.05) is 0 Å². The normalized spacial score (nSPS) is 13.2. The summed E-state index contributed by atoms with van der Waals surface area (Å²) >= 11 is 0. The van der Waals surface area contributed by atoms with Gasteiger partial charge >= 0.3 is 17.1 Å². The minimum atomic E-state index is -4.06. The zero-order valence-corrected chi connectivity index (χ0v) is 11.5. The molecule has 1 heterocycles. The molecule has 0 fully saturated rings. The average Bonchev–Trinajstić information content (AvgIpc) is 2.38. The number of hydrogen-bond donors (Lipinski definition) is 4. The Morgan fingerprint density at radius 3 is 2.33 bits per heavy atom. The second-order valence-electron chi connectivity index (χ2n) is 4.30. The zero-order valence-electron chi connectivity index (χ0n) is 10.7. The maximum Gasteiger partial charge on any atom is 0.321 e. The molecular formula is C11H11N3O6S. The van der Waals surface area contributed by atoms with Crippen molar-refractivity contribution in [2.24, 2.45) is 0 Å². The van der Waals surface area contributed by atoms with Gasteiger partial charge in [-0.05, 0) is 25.1 Å². The second-order valence-corrected chi connectivity index (χ2v) is 6.01. The summed E-state index contributed by atoms with van der Waals surface area (Å²) in [6.45, 7) is 1.18. The van der Waals surface area contributed by atoms with Crippen LogP contribution in [0.1, 0.15) is 6.92 Å². The first kappa shape index (κ1) is 14.9. The Morgan fingerprint density at radius 1 is 1.19 bits per heavy atom. The number of fused-ring (bicyclic) bond motifs is 1. The Kier molecular flexibility index (Phi) is 3.66. The first-order chi connectivity index (χ1) is 9.70. The van der Waals surface area contributed by atoms with Crippen LogP contribution in [0, 0.1) is 0 Å². The molecule has 0 aliphatic heterocycles. The zero-order chi connectivity index (χ0) is 15.8. The average molecular weight is 313 g/mol. The third-order valence-electron chi connectivity index (χ3n) is 2.71. The fourth-order valence-corrected chi connectivity index (χ4v) is 2.83. The molecule has 1 atom stereocenters. The number of carbonyl (C=O) groups is 1. The van der Waals surface area contributed by atoms with E-state index >= 15 is 0 Å². The van der Waals surface area contributed by atoms with E-state index in [0.29, 0.717) is 0 Å². The molecule has 2 rings (SSSR count). The highest BCUT2D eigenvalue weighted by atomic mass is 32.2. The summed E-state index contributed by atoms with van der Waals surface area (Å²) in [4.78, 5) is 37.3. The molecule has 1 aromatic carbocycles. The standard InChI is InChI=1S/C11H11N3O6S/c1-5(11(17)18)14-21(19,20)6-2-3-7-8(4-6)13-10(16)9(15)12-7/h2-5,14H,1H3,(H,12,15)(H,13,16)(H,17,18)/t5-/m1/s1. The molecule has 0 aliphatic carbocycles. The van der Waals surface area contributed by atoms with Gasteiger partial charge in [0.05, 0.1) is 15.9 Å². The molecule has 2 aromatic rings. The number of aliphatic carboxylic acids is 1. The molecule has 9 nitrogen and oxygen atoms in total. The Morgan fingerprint density at radius 2 is 1.76 bits per heavy atom. The number of aromatic nitrogens is 2. The summed E-state index contributed by atoms with van der Waals surface area (Å²) in [6, 6.07) is 2.31. The van der Waals surface area contributed by atoms with Crippen LogP contribution in [0.15, 0.2) is 32.7 Å². The summed E-state index contributed by atoms with van der Waals surface area (Å²) in [6.07, 6.45) is 0. The van der Waals surface area contributed by atoms with Gasteiger partial charge in [-0.25, -0.2) is 8.42 Å². The van der Waals surface area contributed by atoms with Crippen LogP contribution in [0.4, 0.5) is 0 Å². The third kappa shape index (κ3) is 3.01. The van der Waals surface area contributed by atoms with Crippen molar-refractivity contribution in [1.82, 2.24) is 14.7 Å². The molecule has 0 saturated carbocycles. The Balaban J connectivity index is 2.52. The molecule has 0 spiro atoms. The minimum absolute atomic E-state index is 0.116. The van der Waals surface area contributed by atoms with Crippen LogP contribution >= 0.6 is 0 Å². The Hall–Kier alpha value is -2.46. The molecule has 21 heavy (non-hydrogen) atoms. The van der Waals surface area contributed by atoms with E-state index in [4.69, 9.17) is 5.11 Å². The van der Waals surface area contributed by atoms with Gasteiger partial charge in [0.15, 0.2) is 0 Å². The summed E-state index contributed by atoms with van der Waals surface area (Å²) in [7, 11) is -4.06. The Bertz CT molecular complexity index is 927. The number of aromatic amines is 2. The van der Waals surface area contributed by atoms with E-state index in [1.165, 1.54) is 19.1 Å². The molecule has 1 aromatic heterocycles. The van der Waals surface area contributed by atoms with Crippen LogP contribution < -0.4 is 15.8 Å². The Labute approximate surface area is 117 Å². The van der Waals surface area contributed by atoms with Crippen molar-refractivity contribution in [3.63, 3.8) is 0 Å². The van der Waals surface area contributed by atoms with E-state index in [1.807, 2.05) is 4.72 Å². The highest BCUT2D eigenvalue weighted by molar-refractivity contribution is 7.89. The number of sulfonamides is 1. The smallest absolute Gasteiger partial charge is 0.321 e. The first-order valence-corrected chi connectivity index (χ1v) is 7.20. The van der Waals surface area contributed by atoms with Crippen LogP contribution in [0.25, 0.3) is 11.0 Å². The van der Waals surface area contributed by atoms with Gasteiger partial charge in [-0.2, -0.15) is 4.72 Å². The van der Waals surface area contributed by atoms with Gasteiger partial charge in [-0.15, -0.1) is 0 Å². The van der Waals surface area contributed by atoms with Crippen LogP contribution in [0.3, 0.4) is 0 Å². The minimum Gasteiger partial charge on any atom is -0.480 e. The van der Waals surface area contributed by atoms with Gasteiger partial charge < -0.3 is 15.1 Å². The maximum atomic E-state index is 12.0. The maximum absolute atomic E-state index is 12.0. The highest BCUT2D eigenvalue weighted by Crippen LogP contribution is 2.14. The highest BCUT2D eigenvalue weighted by Gasteiger charge is 2.21. The van der Waals surface area contributed by atoms with Crippen LogP contribution in [-0.4, -0.2) is 35.5 Å². The van der Waals surface area contributed by atoms with Crippen molar-refractivity contribution < 1.29 is 18.3 Å². The van der Waals surface area contributed by atoms with Crippen LogP contribution in [0.5, 0.6) is 0 Å². The van der Waals surface area contributed by atoms with Gasteiger partial charge in [0.1, 0.15) is 6.04 Å². The lowest BCUT2D eigenvalue weighted by atomic mass is 10.3. The van der Waals surface area contributed by atoms with Gasteiger partial charge in [0.25, 0.3) is 0 Å². The molecule has 10 heteroatoms. The SMILES string of the molecule is C[C@@H](NS(=O)(=O)c1ccc2[nH]c(=O)c(=O)[nH]c2c1)C(=O)O. The lowest BCUT2D eigenvalue weighted by Crippen LogP contribution is -2.38. The summed E-state index contributed by atoms with van der Waals surface area (Å²) in [5, 5.41) is 8.72. The number of nitrogens with one attached hydrogen (secondary N) is 3. The van der Waals surface area contributed by atoms with Gasteiger partial charge in [0, 0.05) is 0 Å². The topological polar surface area (TPSA) is 149 Å². The van der Waals surface area contributed by atoms with Crippen molar-refractivity contribution in [3.05, 3.63) is 38.9 Å². The van der Waals surface area contributed by atoms with E-state index < -0.39 is 33.2 Å². The lowest BCUT2D eigenvalue weighted by molar-refractivity contribution is -0.138. The molecule has 0 aliphatic rings. The van der Waals surface area contributed by atoms with Crippen molar-refractivity contribution in [2.45, 2.75) is 17.9 Å². The molecule has 4 N–H and O–H groups in total. The summed E-state index contributed by atoms with van der Waals surface area (Å²) in [5.74, 6) is -1.32. The van der Waals surface area contributed by atoms with Crippen molar-refractivity contribution >= 4 is 27.0 Å². The monoisotopic (exact) mass is 313 g/mol. The molecular weight excluding hydrogens is 302 g/mol. The van der Waals surface area contributed by atoms with Crippen LogP contribution in [0.2, 0.25) is 0 Å². The molecule has 0 amide bonds. The van der Waals surface area contributed by atoms with E-state index in [1.54, 1.807) is 0 Å². The van der Waals surface area contributed by atoms with Crippen molar-refractivity contribution in [3.8, 4) is 0 Å². The second kappa shape index (κ2) is 5.14. The van der Waals surface area contributed by atoms with Crippen molar-refractivity contribution in [1.29, 1.82) is 0 Å². The van der Waals surface area contributed by atoms with E-state index in [0.717, 1.165) is 6.07 Å². The van der Waals surface area contributed by atoms with E-state index in [2.05, 4.69) is 9.97 Å². The molecule has 0 radical (unpaired) electrons. The number of H-pyrrole nitrogens is 2. The van der Waals surface area contributed by atoms with Crippen molar-refractivity contribution in [2.75, 3.05) is 0 Å². The molecule has 0 unspecified atom stereocenters. The predicted octanol–water partition coefficient (Wildman–Crippen LogP) is -1.03. The molecule has 112 valence electrons. The fourth-order valence-electron chi connectivity index (χ4n) is 1.61. The van der Waals surface area contributed by atoms with E-state index in [9.17, 15) is 22.8 Å². The molecule has 0 bridgehead atoms. The van der Waals surface area contributed by atoms with E-state index in [-0.39, 0.29) is 15.9 Å². The third-order valence-corrected chi connectivity index (χ3v) is 4.24. The summed E-state index contributed by atoms with van der Waals surface area (Å²) in [5.41, 5.74) is -1.39. The number of benzene rings is 1. The number of carboxylic acids is 1. The lowest BCUT2D eigenvalue weighted by Gasteiger charge is -2.10. The predicted molar refractivity (Wildman–Crippen MR) is 72.6 cm³/mol.